The Morgan fingerprint density at radius 2 is 2.04 bits per heavy atom. The maximum Gasteiger partial charge on any atom is 0.338 e. The molecular weight excluding hydrogens is 356 g/mol. The van der Waals surface area contributed by atoms with Crippen molar-refractivity contribution in [2.45, 2.75) is 33.6 Å². The van der Waals surface area contributed by atoms with E-state index < -0.39 is 21.9 Å². The van der Waals surface area contributed by atoms with Crippen molar-refractivity contribution in [2.24, 2.45) is 5.92 Å². The monoisotopic (exact) mass is 382 g/mol. The van der Waals surface area contributed by atoms with Gasteiger partial charge in [-0.3, -0.25) is 4.79 Å². The first kappa shape index (κ1) is 20.4. The number of hydrogen-bond donors (Lipinski definition) is 1. The molecule has 1 aromatic rings. The zero-order valence-electron chi connectivity index (χ0n) is 15.4. The molecule has 1 fully saturated rings. The second-order valence-electron chi connectivity index (χ2n) is 6.29. The van der Waals surface area contributed by atoms with Gasteiger partial charge in [0.1, 0.15) is 0 Å². The molecule has 0 unspecified atom stereocenters. The molecule has 0 aromatic heterocycles. The van der Waals surface area contributed by atoms with Crippen LogP contribution >= 0.6 is 0 Å². The van der Waals surface area contributed by atoms with E-state index in [1.165, 1.54) is 4.31 Å². The molecule has 1 saturated heterocycles. The van der Waals surface area contributed by atoms with Gasteiger partial charge in [0.05, 0.1) is 23.8 Å². The molecule has 8 heteroatoms. The lowest BCUT2D eigenvalue weighted by molar-refractivity contribution is -0.120. The number of carbonyl (C=O) groups excluding carboxylic acids is 2. The minimum atomic E-state index is -3.30. The van der Waals surface area contributed by atoms with Crippen LogP contribution in [0.4, 0.5) is 5.69 Å². The first-order chi connectivity index (χ1) is 12.3. The number of anilines is 1. The summed E-state index contributed by atoms with van der Waals surface area (Å²) in [6.07, 6.45) is 1.29. The number of benzene rings is 1. The van der Waals surface area contributed by atoms with Crippen LogP contribution in [0.15, 0.2) is 18.2 Å². The predicted octanol–water partition coefficient (Wildman–Crippen LogP) is 2.17. The van der Waals surface area contributed by atoms with Gasteiger partial charge in [0.25, 0.3) is 0 Å². The van der Waals surface area contributed by atoms with Gasteiger partial charge in [-0.15, -0.1) is 0 Å². The number of esters is 1. The topological polar surface area (TPSA) is 92.8 Å². The highest BCUT2D eigenvalue weighted by Crippen LogP contribution is 2.24. The molecule has 144 valence electrons. The van der Waals surface area contributed by atoms with E-state index in [0.717, 1.165) is 0 Å². The van der Waals surface area contributed by atoms with Crippen LogP contribution in [-0.4, -0.2) is 50.0 Å². The number of nitrogens with zero attached hydrogens (tertiary/aromatic N) is 1. The predicted molar refractivity (Wildman–Crippen MR) is 99.5 cm³/mol. The minimum absolute atomic E-state index is 0.0298. The van der Waals surface area contributed by atoms with Gasteiger partial charge in [-0.2, -0.15) is 0 Å². The number of carbonyl (C=O) groups is 2. The Labute approximate surface area is 154 Å². The summed E-state index contributed by atoms with van der Waals surface area (Å²) in [4.78, 5) is 24.6. The molecule has 0 radical (unpaired) electrons. The van der Waals surface area contributed by atoms with Crippen molar-refractivity contribution in [1.29, 1.82) is 0 Å². The number of rotatable bonds is 6. The van der Waals surface area contributed by atoms with Gasteiger partial charge >= 0.3 is 5.97 Å². The van der Waals surface area contributed by atoms with Crippen molar-refractivity contribution in [3.8, 4) is 0 Å². The van der Waals surface area contributed by atoms with Gasteiger partial charge in [-0.05, 0) is 51.3 Å². The molecule has 1 heterocycles. The lowest BCUT2D eigenvalue weighted by Crippen LogP contribution is -2.44. The van der Waals surface area contributed by atoms with Crippen molar-refractivity contribution in [3.63, 3.8) is 0 Å². The molecule has 1 amide bonds. The van der Waals surface area contributed by atoms with Gasteiger partial charge in [0.15, 0.2) is 0 Å². The summed E-state index contributed by atoms with van der Waals surface area (Å²) in [5.74, 6) is -1.04. The maximum absolute atomic E-state index is 12.6. The zero-order valence-corrected chi connectivity index (χ0v) is 16.3. The average molecular weight is 382 g/mol. The van der Waals surface area contributed by atoms with Crippen molar-refractivity contribution < 1.29 is 22.7 Å². The van der Waals surface area contributed by atoms with Gasteiger partial charge in [-0.1, -0.05) is 6.07 Å². The van der Waals surface area contributed by atoms with Crippen molar-refractivity contribution in [3.05, 3.63) is 29.3 Å². The quantitative estimate of drug-likeness (QED) is 0.761. The number of nitrogens with one attached hydrogen (secondary N) is 1. The van der Waals surface area contributed by atoms with Crippen molar-refractivity contribution in [1.82, 2.24) is 4.31 Å². The first-order valence-corrected chi connectivity index (χ1v) is 10.5. The summed E-state index contributed by atoms with van der Waals surface area (Å²) >= 11 is 0. The van der Waals surface area contributed by atoms with Crippen LogP contribution in [0, 0.1) is 12.8 Å². The molecule has 0 bridgehead atoms. The summed E-state index contributed by atoms with van der Waals surface area (Å²) in [5, 5.41) is 2.84. The molecule has 1 atom stereocenters. The van der Waals surface area contributed by atoms with E-state index in [1.54, 1.807) is 39.0 Å². The molecule has 1 aliphatic rings. The summed E-state index contributed by atoms with van der Waals surface area (Å²) in [6.45, 7) is 6.01. The van der Waals surface area contributed by atoms with Crippen LogP contribution in [0.3, 0.4) is 0 Å². The van der Waals surface area contributed by atoms with E-state index in [9.17, 15) is 18.0 Å². The summed E-state index contributed by atoms with van der Waals surface area (Å²) in [7, 11) is -3.30. The lowest BCUT2D eigenvalue weighted by atomic mass is 9.98. The highest BCUT2D eigenvalue weighted by Gasteiger charge is 2.31. The number of amides is 1. The van der Waals surface area contributed by atoms with Crippen molar-refractivity contribution >= 4 is 27.6 Å². The van der Waals surface area contributed by atoms with Gasteiger partial charge < -0.3 is 10.1 Å². The first-order valence-electron chi connectivity index (χ1n) is 8.85. The maximum atomic E-state index is 12.6. The van der Waals surface area contributed by atoms with Crippen LogP contribution in [0.25, 0.3) is 0 Å². The third-order valence-electron chi connectivity index (χ3n) is 4.60. The smallest absolute Gasteiger partial charge is 0.338 e. The third kappa shape index (κ3) is 4.62. The van der Waals surface area contributed by atoms with Gasteiger partial charge in [-0.25, -0.2) is 17.5 Å². The Kier molecular flexibility index (Phi) is 6.77. The standard InChI is InChI=1S/C18H26N2O5S/c1-4-25-18(22)15-9-6-10-16(13(15)3)19-17(21)14-8-7-11-20(12-14)26(23,24)5-2/h6,9-10,14H,4-5,7-8,11-12H2,1-3H3,(H,19,21)/t14-/m1/s1. The molecule has 0 spiro atoms. The van der Waals surface area contributed by atoms with E-state index in [4.69, 9.17) is 4.74 Å². The Hall–Kier alpha value is -1.93. The second-order valence-corrected chi connectivity index (χ2v) is 8.54. The van der Waals surface area contributed by atoms with Crippen LogP contribution < -0.4 is 5.32 Å². The Bertz CT molecular complexity index is 776. The fourth-order valence-electron chi connectivity index (χ4n) is 3.03. The minimum Gasteiger partial charge on any atom is -0.462 e. The molecule has 0 aliphatic carbocycles. The SMILES string of the molecule is CCOC(=O)c1cccc(NC(=O)[C@@H]2CCCN(S(=O)(=O)CC)C2)c1C. The molecule has 26 heavy (non-hydrogen) atoms. The van der Waals surface area contributed by atoms with E-state index in [2.05, 4.69) is 5.32 Å². The zero-order chi connectivity index (χ0) is 19.3. The van der Waals surface area contributed by atoms with Crippen LogP contribution in [0.2, 0.25) is 0 Å². The fraction of sp³-hybridized carbons (Fsp3) is 0.556. The molecule has 2 rings (SSSR count). The third-order valence-corrected chi connectivity index (χ3v) is 6.45. The fourth-order valence-corrected chi connectivity index (χ4v) is 4.21. The normalized spacial score (nSPS) is 18.3. The van der Waals surface area contributed by atoms with Crippen molar-refractivity contribution in [2.75, 3.05) is 30.8 Å². The van der Waals surface area contributed by atoms with E-state index in [0.29, 0.717) is 36.2 Å². The molecule has 1 aromatic carbocycles. The van der Waals surface area contributed by atoms with E-state index in [-0.39, 0.29) is 24.8 Å². The van der Waals surface area contributed by atoms with Crippen LogP contribution in [0.1, 0.15) is 42.6 Å². The largest absolute Gasteiger partial charge is 0.462 e. The van der Waals surface area contributed by atoms with E-state index >= 15 is 0 Å². The lowest BCUT2D eigenvalue weighted by Gasteiger charge is -2.31. The number of sulfonamides is 1. The number of ether oxygens (including phenoxy) is 1. The Morgan fingerprint density at radius 3 is 2.69 bits per heavy atom. The molecule has 7 nitrogen and oxygen atoms in total. The molecule has 0 saturated carbocycles. The highest BCUT2D eigenvalue weighted by atomic mass is 32.2. The van der Waals surface area contributed by atoms with Crippen LogP contribution in [-0.2, 0) is 19.6 Å². The van der Waals surface area contributed by atoms with Gasteiger partial charge in [0, 0.05) is 18.8 Å². The van der Waals surface area contributed by atoms with E-state index in [1.807, 2.05) is 0 Å². The highest BCUT2D eigenvalue weighted by molar-refractivity contribution is 7.89. The average Bonchev–Trinajstić information content (AvgIpc) is 2.63. The second kappa shape index (κ2) is 8.64. The summed E-state index contributed by atoms with van der Waals surface area (Å²) in [6, 6.07) is 5.06. The number of hydrogen-bond acceptors (Lipinski definition) is 5. The Balaban J connectivity index is 2.12. The summed E-state index contributed by atoms with van der Waals surface area (Å²) < 4.78 is 30.5. The van der Waals surface area contributed by atoms with Crippen LogP contribution in [0.5, 0.6) is 0 Å². The molecule has 1 aliphatic heterocycles. The summed E-state index contributed by atoms with van der Waals surface area (Å²) in [5.41, 5.74) is 1.58. The Morgan fingerprint density at radius 1 is 1.31 bits per heavy atom. The van der Waals surface area contributed by atoms with Gasteiger partial charge in [0.2, 0.25) is 15.9 Å². The molecular formula is C18H26N2O5S. The molecule has 1 N–H and O–H groups in total. The number of piperidine rings is 1.